The number of carbonyl (C=O) groups is 2. The van der Waals surface area contributed by atoms with E-state index in [1.165, 1.54) is 17.0 Å². The summed E-state index contributed by atoms with van der Waals surface area (Å²) in [4.78, 5) is 29.1. The number of rotatable bonds is 12. The Labute approximate surface area is 270 Å². The zero-order chi connectivity index (χ0) is 31.9. The van der Waals surface area contributed by atoms with Crippen LogP contribution in [0.15, 0.2) is 71.6 Å². The third-order valence-corrected chi connectivity index (χ3v) is 10.3. The Morgan fingerprint density at radius 3 is 2.16 bits per heavy atom. The van der Waals surface area contributed by atoms with Gasteiger partial charge >= 0.3 is 0 Å². The number of carbonyl (C=O) groups excluding carboxylic acids is 2. The van der Waals surface area contributed by atoms with Crippen LogP contribution in [-0.2, 0) is 26.2 Å². The van der Waals surface area contributed by atoms with Crippen LogP contribution in [0.1, 0.15) is 57.1 Å². The molecule has 4 rings (SSSR count). The molecule has 236 valence electrons. The van der Waals surface area contributed by atoms with Crippen LogP contribution in [0.5, 0.6) is 5.75 Å². The minimum Gasteiger partial charge on any atom is -0.494 e. The van der Waals surface area contributed by atoms with Crippen molar-refractivity contribution in [2.75, 3.05) is 17.5 Å². The fourth-order valence-corrected chi connectivity index (χ4v) is 7.18. The second kappa shape index (κ2) is 15.1. The number of benzene rings is 3. The fourth-order valence-electron chi connectivity index (χ4n) is 5.25. The van der Waals surface area contributed by atoms with Gasteiger partial charge in [-0.2, -0.15) is 0 Å². The Balaban J connectivity index is 1.71. The predicted octanol–water partition coefficient (Wildman–Crippen LogP) is 6.76. The summed E-state index contributed by atoms with van der Waals surface area (Å²) < 4.78 is 34.7. The van der Waals surface area contributed by atoms with Crippen molar-refractivity contribution in [3.63, 3.8) is 0 Å². The molecule has 0 spiro atoms. The van der Waals surface area contributed by atoms with Crippen LogP contribution >= 0.6 is 23.2 Å². The number of hydrogen-bond acceptors (Lipinski definition) is 5. The van der Waals surface area contributed by atoms with Crippen molar-refractivity contribution in [1.29, 1.82) is 0 Å². The number of amides is 2. The standard InChI is InChI=1S/C33H39Cl2N3O5S/c1-4-43-27-17-15-26(16-18-27)38(44(41,42)28-19-13-23(2)14-20-28)22-32(39)37(21-29-30(34)11-8-12-31(29)35)24(3)33(40)36-25-9-6-5-7-10-25/h8,11-20,24-25H,4-7,9-10,21-22H2,1-3H3,(H,36,40). The Morgan fingerprint density at radius 2 is 1.57 bits per heavy atom. The van der Waals surface area contributed by atoms with E-state index in [1.54, 1.807) is 61.5 Å². The van der Waals surface area contributed by atoms with Crippen molar-refractivity contribution in [1.82, 2.24) is 10.2 Å². The molecule has 1 aliphatic carbocycles. The highest BCUT2D eigenvalue weighted by atomic mass is 35.5. The van der Waals surface area contributed by atoms with Gasteiger partial charge in [-0.15, -0.1) is 0 Å². The summed E-state index contributed by atoms with van der Waals surface area (Å²) in [5, 5.41) is 3.77. The van der Waals surface area contributed by atoms with E-state index in [2.05, 4.69) is 5.32 Å². The molecular formula is C33H39Cl2N3O5S. The molecule has 11 heteroatoms. The first kappa shape index (κ1) is 33.6. The van der Waals surface area contributed by atoms with E-state index < -0.39 is 28.5 Å². The average molecular weight is 661 g/mol. The van der Waals surface area contributed by atoms with Gasteiger partial charge in [0.05, 0.1) is 17.2 Å². The molecule has 0 saturated heterocycles. The molecule has 3 aromatic rings. The molecule has 8 nitrogen and oxygen atoms in total. The monoisotopic (exact) mass is 659 g/mol. The van der Waals surface area contributed by atoms with E-state index >= 15 is 0 Å². The lowest BCUT2D eigenvalue weighted by Crippen LogP contribution is -2.53. The number of sulfonamides is 1. The fraction of sp³-hybridized carbons (Fsp3) is 0.394. The van der Waals surface area contributed by atoms with Gasteiger partial charge in [-0.1, -0.05) is 66.2 Å². The zero-order valence-corrected chi connectivity index (χ0v) is 27.6. The minimum atomic E-state index is -4.19. The zero-order valence-electron chi connectivity index (χ0n) is 25.3. The largest absolute Gasteiger partial charge is 0.494 e. The van der Waals surface area contributed by atoms with Crippen LogP contribution < -0.4 is 14.4 Å². The van der Waals surface area contributed by atoms with Crippen molar-refractivity contribution in [2.24, 2.45) is 0 Å². The van der Waals surface area contributed by atoms with E-state index in [-0.39, 0.29) is 29.1 Å². The first-order chi connectivity index (χ1) is 21.0. The average Bonchev–Trinajstić information content (AvgIpc) is 3.00. The lowest BCUT2D eigenvalue weighted by molar-refractivity contribution is -0.139. The number of hydrogen-bond donors (Lipinski definition) is 1. The van der Waals surface area contributed by atoms with Gasteiger partial charge in [-0.3, -0.25) is 13.9 Å². The van der Waals surface area contributed by atoms with Crippen LogP contribution in [0.4, 0.5) is 5.69 Å². The van der Waals surface area contributed by atoms with E-state index in [4.69, 9.17) is 27.9 Å². The van der Waals surface area contributed by atoms with E-state index in [0.29, 0.717) is 28.0 Å². The van der Waals surface area contributed by atoms with Crippen molar-refractivity contribution in [2.45, 2.75) is 76.4 Å². The summed E-state index contributed by atoms with van der Waals surface area (Å²) in [6, 6.07) is 17.0. The minimum absolute atomic E-state index is 0.0295. The number of nitrogens with zero attached hydrogens (tertiary/aromatic N) is 2. The second-order valence-electron chi connectivity index (χ2n) is 11.0. The first-order valence-corrected chi connectivity index (χ1v) is 17.1. The van der Waals surface area contributed by atoms with Crippen LogP contribution in [0.2, 0.25) is 10.0 Å². The molecule has 1 atom stereocenters. The molecule has 0 bridgehead atoms. The molecule has 1 fully saturated rings. The number of nitrogens with one attached hydrogen (secondary N) is 1. The molecule has 3 aromatic carbocycles. The number of aryl methyl sites for hydroxylation is 1. The smallest absolute Gasteiger partial charge is 0.264 e. The Morgan fingerprint density at radius 1 is 0.955 bits per heavy atom. The number of halogens is 2. The van der Waals surface area contributed by atoms with Gasteiger partial charge in [0, 0.05) is 28.2 Å². The van der Waals surface area contributed by atoms with Crippen molar-refractivity contribution >= 4 is 50.7 Å². The SMILES string of the molecule is CCOc1ccc(N(CC(=O)N(Cc2c(Cl)cccc2Cl)C(C)C(=O)NC2CCCCC2)S(=O)(=O)c2ccc(C)cc2)cc1. The van der Waals surface area contributed by atoms with Crippen LogP contribution in [0.25, 0.3) is 0 Å². The Hall–Kier alpha value is -3.27. The van der Waals surface area contributed by atoms with Gasteiger partial charge < -0.3 is 15.0 Å². The Bertz CT molecular complexity index is 1520. The first-order valence-electron chi connectivity index (χ1n) is 14.9. The van der Waals surface area contributed by atoms with Gasteiger partial charge in [0.1, 0.15) is 18.3 Å². The number of anilines is 1. The highest BCUT2D eigenvalue weighted by Gasteiger charge is 2.34. The van der Waals surface area contributed by atoms with E-state index in [0.717, 1.165) is 42.0 Å². The topological polar surface area (TPSA) is 96.0 Å². The van der Waals surface area contributed by atoms with Crippen molar-refractivity contribution in [3.8, 4) is 5.75 Å². The van der Waals surface area contributed by atoms with Gasteiger partial charge in [0.15, 0.2) is 0 Å². The summed E-state index contributed by atoms with van der Waals surface area (Å²) in [6.07, 6.45) is 4.96. The molecule has 0 heterocycles. The van der Waals surface area contributed by atoms with Crippen LogP contribution in [0, 0.1) is 6.92 Å². The highest BCUT2D eigenvalue weighted by Crippen LogP contribution is 2.29. The summed E-state index contributed by atoms with van der Waals surface area (Å²) in [5.74, 6) is -0.336. The maximum absolute atomic E-state index is 14.2. The number of ether oxygens (including phenoxy) is 1. The van der Waals surface area contributed by atoms with E-state index in [9.17, 15) is 18.0 Å². The van der Waals surface area contributed by atoms with Crippen molar-refractivity contribution in [3.05, 3.63) is 87.9 Å². The maximum atomic E-state index is 14.2. The summed E-state index contributed by atoms with van der Waals surface area (Å²) in [5.41, 5.74) is 1.64. The van der Waals surface area contributed by atoms with Crippen molar-refractivity contribution < 1.29 is 22.7 Å². The van der Waals surface area contributed by atoms with E-state index in [1.807, 2.05) is 13.8 Å². The highest BCUT2D eigenvalue weighted by molar-refractivity contribution is 7.92. The normalized spacial score (nSPS) is 14.5. The molecule has 44 heavy (non-hydrogen) atoms. The quantitative estimate of drug-likeness (QED) is 0.232. The van der Waals surface area contributed by atoms with Gasteiger partial charge in [-0.05, 0) is 82.1 Å². The van der Waals surface area contributed by atoms with Gasteiger partial charge in [0.2, 0.25) is 11.8 Å². The lowest BCUT2D eigenvalue weighted by atomic mass is 9.95. The third kappa shape index (κ3) is 8.25. The maximum Gasteiger partial charge on any atom is 0.264 e. The summed E-state index contributed by atoms with van der Waals surface area (Å²) >= 11 is 13.0. The molecule has 0 aliphatic heterocycles. The van der Waals surface area contributed by atoms with Crippen LogP contribution in [0.3, 0.4) is 0 Å². The molecule has 2 amide bonds. The lowest BCUT2D eigenvalue weighted by Gasteiger charge is -2.33. The third-order valence-electron chi connectivity index (χ3n) is 7.83. The summed E-state index contributed by atoms with van der Waals surface area (Å²) in [7, 11) is -4.19. The predicted molar refractivity (Wildman–Crippen MR) is 175 cm³/mol. The summed E-state index contributed by atoms with van der Waals surface area (Å²) in [6.45, 7) is 5.15. The second-order valence-corrected chi connectivity index (χ2v) is 13.7. The Kier molecular flexibility index (Phi) is 11.6. The molecule has 1 unspecified atom stereocenters. The molecule has 0 radical (unpaired) electrons. The van der Waals surface area contributed by atoms with Crippen LogP contribution in [-0.4, -0.2) is 50.4 Å². The molecule has 1 saturated carbocycles. The molecule has 0 aromatic heterocycles. The molecule has 1 N–H and O–H groups in total. The molecular weight excluding hydrogens is 621 g/mol. The molecule has 1 aliphatic rings. The van der Waals surface area contributed by atoms with Gasteiger partial charge in [-0.25, -0.2) is 8.42 Å². The van der Waals surface area contributed by atoms with Gasteiger partial charge in [0.25, 0.3) is 10.0 Å².